The van der Waals surface area contributed by atoms with Gasteiger partial charge in [0.2, 0.25) is 0 Å². The van der Waals surface area contributed by atoms with Gasteiger partial charge in [-0.1, -0.05) is 12.8 Å². The lowest BCUT2D eigenvalue weighted by Crippen LogP contribution is -2.33. The Labute approximate surface area is 108 Å². The van der Waals surface area contributed by atoms with Crippen LogP contribution in [0.5, 0.6) is 5.75 Å². The number of nitrogens with zero attached hydrogens (tertiary/aromatic N) is 1. The van der Waals surface area contributed by atoms with Crippen LogP contribution in [0.1, 0.15) is 32.6 Å². The fourth-order valence-corrected chi connectivity index (χ4v) is 2.80. The van der Waals surface area contributed by atoms with Crippen molar-refractivity contribution >= 4 is 11.4 Å². The topological polar surface area (TPSA) is 38.5 Å². The minimum Gasteiger partial charge on any atom is -0.495 e. The summed E-state index contributed by atoms with van der Waals surface area (Å²) in [6.07, 6.45) is 4.74. The maximum atomic E-state index is 14.1. The molecule has 0 unspecified atom stereocenters. The number of hydrogen-bond donors (Lipinski definition) is 1. The molecule has 4 heteroatoms. The molecule has 100 valence electrons. The minimum atomic E-state index is -0.262. The minimum absolute atomic E-state index is 0.262. The van der Waals surface area contributed by atoms with Crippen molar-refractivity contribution in [1.82, 2.24) is 0 Å². The van der Waals surface area contributed by atoms with Crippen LogP contribution >= 0.6 is 0 Å². The van der Waals surface area contributed by atoms with Gasteiger partial charge in [-0.2, -0.15) is 0 Å². The van der Waals surface area contributed by atoms with Crippen molar-refractivity contribution in [3.05, 3.63) is 17.9 Å². The van der Waals surface area contributed by atoms with Crippen LogP contribution in [0.2, 0.25) is 0 Å². The van der Waals surface area contributed by atoms with Gasteiger partial charge in [0.1, 0.15) is 11.6 Å². The quantitative estimate of drug-likeness (QED) is 0.836. The van der Waals surface area contributed by atoms with E-state index in [1.54, 1.807) is 13.2 Å². The van der Waals surface area contributed by atoms with Crippen molar-refractivity contribution in [2.75, 3.05) is 24.3 Å². The predicted molar refractivity (Wildman–Crippen MR) is 72.6 cm³/mol. The molecule has 1 aromatic carbocycles. The highest BCUT2D eigenvalue weighted by Crippen LogP contribution is 2.34. The number of nitrogen functional groups attached to an aromatic ring is 1. The standard InChI is InChI=1S/C14H21FN2O/c1-3-17(10-6-4-5-7-10)13-9-14(18-2)12(16)8-11(13)15/h8-10H,3-7,16H2,1-2H3. The van der Waals surface area contributed by atoms with Crippen molar-refractivity contribution < 1.29 is 9.13 Å². The van der Waals surface area contributed by atoms with Gasteiger partial charge < -0.3 is 15.4 Å². The second kappa shape index (κ2) is 5.46. The third kappa shape index (κ3) is 2.37. The Balaban J connectivity index is 2.34. The lowest BCUT2D eigenvalue weighted by Gasteiger charge is -2.30. The molecule has 1 aliphatic carbocycles. The van der Waals surface area contributed by atoms with E-state index < -0.39 is 0 Å². The summed E-state index contributed by atoms with van der Waals surface area (Å²) in [5.74, 6) is 0.282. The van der Waals surface area contributed by atoms with E-state index in [0.717, 1.165) is 19.4 Å². The van der Waals surface area contributed by atoms with Gasteiger partial charge >= 0.3 is 0 Å². The number of benzene rings is 1. The van der Waals surface area contributed by atoms with Crippen molar-refractivity contribution in [2.45, 2.75) is 38.6 Å². The van der Waals surface area contributed by atoms with Gasteiger partial charge in [0, 0.05) is 24.7 Å². The van der Waals surface area contributed by atoms with Crippen LogP contribution in [0.25, 0.3) is 0 Å². The van der Waals surface area contributed by atoms with Crippen LogP contribution < -0.4 is 15.4 Å². The first-order chi connectivity index (χ1) is 8.67. The van der Waals surface area contributed by atoms with E-state index in [1.807, 2.05) is 0 Å². The fourth-order valence-electron chi connectivity index (χ4n) is 2.80. The average Bonchev–Trinajstić information content (AvgIpc) is 2.86. The van der Waals surface area contributed by atoms with E-state index in [-0.39, 0.29) is 5.82 Å². The second-order valence-corrected chi connectivity index (χ2v) is 4.77. The van der Waals surface area contributed by atoms with Gasteiger partial charge in [-0.15, -0.1) is 0 Å². The first-order valence-corrected chi connectivity index (χ1v) is 6.57. The largest absolute Gasteiger partial charge is 0.495 e. The number of ether oxygens (including phenoxy) is 1. The smallest absolute Gasteiger partial charge is 0.148 e. The zero-order valence-electron chi connectivity index (χ0n) is 11.1. The normalized spacial score (nSPS) is 15.9. The molecule has 1 aliphatic rings. The molecule has 2 N–H and O–H groups in total. The molecule has 3 nitrogen and oxygen atoms in total. The maximum absolute atomic E-state index is 14.1. The zero-order valence-corrected chi connectivity index (χ0v) is 11.1. The van der Waals surface area contributed by atoms with Gasteiger partial charge in [0.05, 0.1) is 18.5 Å². The van der Waals surface area contributed by atoms with E-state index in [4.69, 9.17) is 10.5 Å². The Morgan fingerprint density at radius 2 is 2.06 bits per heavy atom. The van der Waals surface area contributed by atoms with Crippen molar-refractivity contribution in [1.29, 1.82) is 0 Å². The highest BCUT2D eigenvalue weighted by atomic mass is 19.1. The molecular formula is C14H21FN2O. The number of hydrogen-bond acceptors (Lipinski definition) is 3. The molecule has 0 saturated heterocycles. The molecule has 18 heavy (non-hydrogen) atoms. The van der Waals surface area contributed by atoms with Gasteiger partial charge in [0.15, 0.2) is 0 Å². The molecule has 0 radical (unpaired) electrons. The van der Waals surface area contributed by atoms with Gasteiger partial charge in [0.25, 0.3) is 0 Å². The van der Waals surface area contributed by atoms with Gasteiger partial charge in [-0.25, -0.2) is 4.39 Å². The summed E-state index contributed by atoms with van der Waals surface area (Å²) in [5.41, 5.74) is 6.67. The summed E-state index contributed by atoms with van der Waals surface area (Å²) in [7, 11) is 1.55. The van der Waals surface area contributed by atoms with Crippen LogP contribution in [-0.4, -0.2) is 19.7 Å². The van der Waals surface area contributed by atoms with Crippen LogP contribution in [-0.2, 0) is 0 Å². The maximum Gasteiger partial charge on any atom is 0.148 e. The van der Waals surface area contributed by atoms with E-state index in [0.29, 0.717) is 23.2 Å². The third-order valence-corrected chi connectivity index (χ3v) is 3.71. The fraction of sp³-hybridized carbons (Fsp3) is 0.571. The Hall–Kier alpha value is -1.45. The van der Waals surface area contributed by atoms with Gasteiger partial charge in [-0.3, -0.25) is 0 Å². The van der Waals surface area contributed by atoms with Crippen molar-refractivity contribution in [3.8, 4) is 5.75 Å². The molecule has 1 saturated carbocycles. The van der Waals surface area contributed by atoms with E-state index >= 15 is 0 Å². The number of nitrogens with two attached hydrogens (primary N) is 1. The van der Waals surface area contributed by atoms with Crippen molar-refractivity contribution in [2.24, 2.45) is 0 Å². The zero-order chi connectivity index (χ0) is 13.1. The first kappa shape index (κ1) is 13.0. The van der Waals surface area contributed by atoms with Crippen LogP contribution in [0.4, 0.5) is 15.8 Å². The molecule has 2 rings (SSSR count). The Bertz CT molecular complexity index is 417. The second-order valence-electron chi connectivity index (χ2n) is 4.77. The SMILES string of the molecule is CCN(c1cc(OC)c(N)cc1F)C1CCCC1. The molecule has 0 aromatic heterocycles. The molecule has 1 aromatic rings. The first-order valence-electron chi connectivity index (χ1n) is 6.57. The lowest BCUT2D eigenvalue weighted by molar-refractivity contribution is 0.415. The molecular weight excluding hydrogens is 231 g/mol. The number of anilines is 2. The molecule has 0 spiro atoms. The number of halogens is 1. The van der Waals surface area contributed by atoms with Crippen LogP contribution in [0, 0.1) is 5.82 Å². The summed E-state index contributed by atoms with van der Waals surface area (Å²) in [5, 5.41) is 0. The summed E-state index contributed by atoms with van der Waals surface area (Å²) < 4.78 is 19.3. The molecule has 1 fully saturated rings. The van der Waals surface area contributed by atoms with Crippen molar-refractivity contribution in [3.63, 3.8) is 0 Å². The molecule has 0 amide bonds. The van der Waals surface area contributed by atoms with E-state index in [1.165, 1.54) is 18.9 Å². The molecule has 0 bridgehead atoms. The number of rotatable bonds is 4. The summed E-state index contributed by atoms with van der Waals surface area (Å²) in [4.78, 5) is 2.13. The Kier molecular flexibility index (Phi) is 3.94. The average molecular weight is 252 g/mol. The summed E-state index contributed by atoms with van der Waals surface area (Å²) in [6.45, 7) is 2.86. The van der Waals surface area contributed by atoms with Crippen LogP contribution in [0.15, 0.2) is 12.1 Å². The van der Waals surface area contributed by atoms with Gasteiger partial charge in [-0.05, 0) is 19.8 Å². The monoisotopic (exact) mass is 252 g/mol. The number of methoxy groups -OCH3 is 1. The highest BCUT2D eigenvalue weighted by Gasteiger charge is 2.24. The molecule has 0 atom stereocenters. The van der Waals surface area contributed by atoms with E-state index in [9.17, 15) is 4.39 Å². The van der Waals surface area contributed by atoms with E-state index in [2.05, 4.69) is 11.8 Å². The third-order valence-electron chi connectivity index (χ3n) is 3.71. The summed E-state index contributed by atoms with van der Waals surface area (Å²) >= 11 is 0. The Morgan fingerprint density at radius 3 is 2.61 bits per heavy atom. The summed E-state index contributed by atoms with van der Waals surface area (Å²) in [6, 6.07) is 3.51. The molecule has 0 aliphatic heterocycles. The lowest BCUT2D eigenvalue weighted by atomic mass is 10.1. The highest BCUT2D eigenvalue weighted by molar-refractivity contribution is 5.63. The predicted octanol–water partition coefficient (Wildman–Crippen LogP) is 3.19. The Morgan fingerprint density at radius 1 is 1.39 bits per heavy atom. The van der Waals surface area contributed by atoms with Crippen LogP contribution in [0.3, 0.4) is 0 Å². The molecule has 0 heterocycles.